The van der Waals surface area contributed by atoms with Crippen LogP contribution in [-0.2, 0) is 27.4 Å². The average molecular weight is 694 g/mol. The van der Waals surface area contributed by atoms with Gasteiger partial charge in [-0.3, -0.25) is 14.6 Å². The molecule has 6 N–H and O–H groups in total. The van der Waals surface area contributed by atoms with Gasteiger partial charge in [0.15, 0.2) is 0 Å². The Morgan fingerprint density at radius 2 is 1.82 bits per heavy atom. The van der Waals surface area contributed by atoms with Crippen molar-refractivity contribution in [3.63, 3.8) is 0 Å². The zero-order valence-electron chi connectivity index (χ0n) is 29.1. The van der Waals surface area contributed by atoms with Gasteiger partial charge in [0.2, 0.25) is 5.91 Å². The average Bonchev–Trinajstić information content (AvgIpc) is 3.42. The maximum atomic E-state index is 13.1. The number of hydrogen-bond acceptors (Lipinski definition) is 8. The van der Waals surface area contributed by atoms with E-state index in [1.165, 1.54) is 5.56 Å². The van der Waals surface area contributed by atoms with Crippen molar-refractivity contribution >= 4 is 18.1 Å². The number of rotatable bonds is 17. The normalized spacial score (nSPS) is 23.9. The highest BCUT2D eigenvalue weighted by Crippen LogP contribution is 2.36. The number of aliphatic hydroxyl groups excluding tert-OH is 3. The molecule has 0 saturated heterocycles. The summed E-state index contributed by atoms with van der Waals surface area (Å²) in [5.74, 6) is -1.09. The molecule has 2 unspecified atom stereocenters. The van der Waals surface area contributed by atoms with Crippen LogP contribution in [0.3, 0.4) is 0 Å². The summed E-state index contributed by atoms with van der Waals surface area (Å²) >= 11 is 0. The van der Waals surface area contributed by atoms with E-state index in [9.17, 15) is 24.9 Å². The quantitative estimate of drug-likeness (QED) is 0.0852. The number of hydrogen-bond donors (Lipinski definition) is 5. The van der Waals surface area contributed by atoms with Gasteiger partial charge in [0.25, 0.3) is 0 Å². The van der Waals surface area contributed by atoms with Crippen LogP contribution in [0.5, 0.6) is 0 Å². The lowest BCUT2D eigenvalue weighted by Crippen LogP contribution is -2.34. The Bertz CT molecular complexity index is 1630. The predicted octanol–water partition coefficient (Wildman–Crippen LogP) is 5.34. The first-order valence-corrected chi connectivity index (χ1v) is 18.1. The van der Waals surface area contributed by atoms with Crippen molar-refractivity contribution in [1.29, 1.82) is 0 Å². The van der Waals surface area contributed by atoms with Crippen molar-refractivity contribution in [3.05, 3.63) is 131 Å². The van der Waals surface area contributed by atoms with Crippen LogP contribution >= 0.6 is 0 Å². The number of carbonyl (C=O) groups is 2. The molecule has 0 spiro atoms. The second-order valence-corrected chi connectivity index (χ2v) is 13.7. The molecule has 2 aromatic carbocycles. The summed E-state index contributed by atoms with van der Waals surface area (Å²) in [7, 11) is 0. The molecule has 2 aliphatic carbocycles. The SMILES string of the molecule is NCC(C(=O)NC1=CC=C2C=NC=CC2C1)c1ccc(COC(=O)CCC/C=C\C[C@@H]2[C@@H](/C=C/[C@H](O)CCc3ccccc3)[C@H](O)C[C@@H]2O)cc1. The van der Waals surface area contributed by atoms with E-state index in [1.807, 2.05) is 97.3 Å². The first-order valence-electron chi connectivity index (χ1n) is 18.1. The van der Waals surface area contributed by atoms with Crippen molar-refractivity contribution in [1.82, 2.24) is 5.32 Å². The molecular weight excluding hydrogens is 642 g/mol. The molecule has 9 heteroatoms. The molecule has 51 heavy (non-hydrogen) atoms. The van der Waals surface area contributed by atoms with Crippen LogP contribution in [0, 0.1) is 17.8 Å². The lowest BCUT2D eigenvalue weighted by atomic mass is 9.89. The van der Waals surface area contributed by atoms with Gasteiger partial charge in [0.1, 0.15) is 6.61 Å². The monoisotopic (exact) mass is 693 g/mol. The Morgan fingerprint density at radius 1 is 1.02 bits per heavy atom. The minimum absolute atomic E-state index is 0.135. The fourth-order valence-corrected chi connectivity index (χ4v) is 6.91. The summed E-state index contributed by atoms with van der Waals surface area (Å²) in [6.45, 7) is 0.311. The molecule has 270 valence electrons. The van der Waals surface area contributed by atoms with Gasteiger partial charge < -0.3 is 31.1 Å². The first kappa shape index (κ1) is 37.8. The van der Waals surface area contributed by atoms with Gasteiger partial charge in [0, 0.05) is 49.3 Å². The van der Waals surface area contributed by atoms with Crippen LogP contribution in [0.4, 0.5) is 0 Å². The second-order valence-electron chi connectivity index (χ2n) is 13.7. The lowest BCUT2D eigenvalue weighted by Gasteiger charge is -2.24. The van der Waals surface area contributed by atoms with Crippen LogP contribution in [0.25, 0.3) is 0 Å². The first-order chi connectivity index (χ1) is 24.8. The number of allylic oxidation sites excluding steroid dienone is 7. The van der Waals surface area contributed by atoms with Gasteiger partial charge in [-0.15, -0.1) is 0 Å². The Morgan fingerprint density at radius 3 is 2.61 bits per heavy atom. The third-order valence-electron chi connectivity index (χ3n) is 9.96. The van der Waals surface area contributed by atoms with E-state index in [-0.39, 0.29) is 49.2 Å². The smallest absolute Gasteiger partial charge is 0.306 e. The minimum Gasteiger partial charge on any atom is -0.461 e. The molecule has 1 fully saturated rings. The number of nitrogens with two attached hydrogens (primary N) is 1. The highest BCUT2D eigenvalue weighted by Gasteiger charge is 2.39. The van der Waals surface area contributed by atoms with Gasteiger partial charge in [-0.1, -0.05) is 91.1 Å². The van der Waals surface area contributed by atoms with Crippen LogP contribution in [0.15, 0.2) is 120 Å². The number of benzene rings is 2. The van der Waals surface area contributed by atoms with E-state index in [0.29, 0.717) is 38.5 Å². The fourth-order valence-electron chi connectivity index (χ4n) is 6.91. The minimum atomic E-state index is -0.648. The van der Waals surface area contributed by atoms with E-state index in [0.717, 1.165) is 28.8 Å². The molecule has 5 rings (SSSR count). The summed E-state index contributed by atoms with van der Waals surface area (Å²) in [6.07, 6.45) is 19.9. The van der Waals surface area contributed by atoms with Crippen molar-refractivity contribution in [3.8, 4) is 0 Å². The van der Waals surface area contributed by atoms with E-state index in [2.05, 4.69) is 10.3 Å². The van der Waals surface area contributed by atoms with Crippen molar-refractivity contribution in [2.45, 2.75) is 82.2 Å². The number of esters is 1. The number of carbonyl (C=O) groups excluding carboxylic acids is 2. The van der Waals surface area contributed by atoms with Crippen molar-refractivity contribution in [2.24, 2.45) is 28.5 Å². The van der Waals surface area contributed by atoms with E-state index in [4.69, 9.17) is 10.5 Å². The van der Waals surface area contributed by atoms with Crippen LogP contribution in [0.1, 0.15) is 67.6 Å². The van der Waals surface area contributed by atoms with Gasteiger partial charge in [-0.25, -0.2) is 0 Å². The van der Waals surface area contributed by atoms with Gasteiger partial charge in [-0.2, -0.15) is 0 Å². The summed E-state index contributed by atoms with van der Waals surface area (Å²) < 4.78 is 5.48. The zero-order chi connectivity index (χ0) is 36.0. The van der Waals surface area contributed by atoms with Gasteiger partial charge in [-0.05, 0) is 72.8 Å². The number of aryl methyl sites for hydroxylation is 1. The largest absolute Gasteiger partial charge is 0.461 e. The van der Waals surface area contributed by atoms with E-state index >= 15 is 0 Å². The molecule has 1 heterocycles. The van der Waals surface area contributed by atoms with Crippen LogP contribution in [0.2, 0.25) is 0 Å². The van der Waals surface area contributed by atoms with Crippen LogP contribution < -0.4 is 11.1 Å². The second kappa shape index (κ2) is 19.3. The summed E-state index contributed by atoms with van der Waals surface area (Å²) in [4.78, 5) is 29.6. The third-order valence-corrected chi connectivity index (χ3v) is 9.96. The van der Waals surface area contributed by atoms with E-state index < -0.39 is 24.2 Å². The number of ether oxygens (including phenoxy) is 1. The molecule has 1 aliphatic heterocycles. The number of amides is 1. The summed E-state index contributed by atoms with van der Waals surface area (Å²) in [5, 5.41) is 34.6. The molecule has 0 aromatic heterocycles. The van der Waals surface area contributed by atoms with Gasteiger partial charge >= 0.3 is 5.97 Å². The molecule has 3 aliphatic rings. The lowest BCUT2D eigenvalue weighted by molar-refractivity contribution is -0.145. The van der Waals surface area contributed by atoms with Gasteiger partial charge in [0.05, 0.1) is 24.2 Å². The molecular formula is C42H51N3O6. The summed E-state index contributed by atoms with van der Waals surface area (Å²) in [6, 6.07) is 17.4. The highest BCUT2D eigenvalue weighted by atomic mass is 16.5. The molecule has 0 bridgehead atoms. The number of aliphatic hydroxyl groups is 3. The molecule has 1 amide bonds. The number of nitrogens with zero attached hydrogens (tertiary/aromatic N) is 1. The third kappa shape index (κ3) is 11.3. The van der Waals surface area contributed by atoms with Crippen molar-refractivity contribution < 1.29 is 29.6 Å². The van der Waals surface area contributed by atoms with Crippen LogP contribution in [-0.4, -0.2) is 58.3 Å². The molecule has 2 aromatic rings. The molecule has 0 radical (unpaired) electrons. The Hall–Kier alpha value is -4.41. The van der Waals surface area contributed by atoms with E-state index in [1.54, 1.807) is 12.3 Å². The number of fused-ring (bicyclic) bond motifs is 1. The topological polar surface area (TPSA) is 154 Å². The number of nitrogens with one attached hydrogen (secondary N) is 1. The fraction of sp³-hybridized carbons (Fsp3) is 0.405. The molecule has 7 atom stereocenters. The van der Waals surface area contributed by atoms with Crippen molar-refractivity contribution in [2.75, 3.05) is 6.54 Å². The number of unbranched alkanes of at least 4 members (excludes halogenated alkanes) is 1. The molecule has 1 saturated carbocycles. The number of aliphatic imine (C=N–C) groups is 1. The maximum Gasteiger partial charge on any atom is 0.306 e. The molecule has 9 nitrogen and oxygen atoms in total. The Labute approximate surface area is 301 Å². The predicted molar refractivity (Wildman–Crippen MR) is 199 cm³/mol. The highest BCUT2D eigenvalue weighted by molar-refractivity contribution is 5.86. The maximum absolute atomic E-state index is 13.1. The summed E-state index contributed by atoms with van der Waals surface area (Å²) in [5.41, 5.74) is 10.8. The Balaban J connectivity index is 0.987. The Kier molecular flexibility index (Phi) is 14.3. The standard InChI is InChI=1S/C42H51N3O6/c43-26-38(42(50)45-34-18-17-33-27-44-23-22-32(33)24-34)31-15-12-30(13-16-31)28-51-41(49)11-7-2-1-6-10-36-37(40(48)25-39(36)47)21-20-35(46)19-14-29-8-4-3-5-9-29/h1,3-6,8-9,12-13,15-18,20-23,27,32,35-40,46-48H,2,7,10-11,14,19,24-26,28,43H2,(H,45,50)/b6-1-,21-20+/t32?,35-,36-,37-,38?,39+,40-/m1/s1. The zero-order valence-corrected chi connectivity index (χ0v) is 29.1.